The molecule has 0 unspecified atom stereocenters. The molecule has 12 rings (SSSR count). The van der Waals surface area contributed by atoms with Crippen molar-refractivity contribution in [1.82, 2.24) is 4.57 Å². The van der Waals surface area contributed by atoms with Gasteiger partial charge < -0.3 is 9.47 Å². The van der Waals surface area contributed by atoms with Gasteiger partial charge in [0.1, 0.15) is 0 Å². The highest BCUT2D eigenvalue weighted by molar-refractivity contribution is 6.15. The lowest BCUT2D eigenvalue weighted by molar-refractivity contribution is 0.593. The highest BCUT2D eigenvalue weighted by Gasteiger charge is 2.44. The number of aromatic nitrogens is 1. The van der Waals surface area contributed by atoms with E-state index in [0.717, 1.165) is 0 Å². The van der Waals surface area contributed by atoms with Crippen molar-refractivity contribution in [2.75, 3.05) is 4.90 Å². The van der Waals surface area contributed by atoms with Gasteiger partial charge >= 0.3 is 0 Å². The van der Waals surface area contributed by atoms with Gasteiger partial charge in [0.2, 0.25) is 0 Å². The minimum absolute atomic E-state index is 0.110. The van der Waals surface area contributed by atoms with Gasteiger partial charge in [0, 0.05) is 49.5 Å². The van der Waals surface area contributed by atoms with E-state index >= 15 is 0 Å². The number of fused-ring (bicyclic) bond motifs is 7. The molecule has 0 amide bonds. The molecule has 0 bridgehead atoms. The molecule has 8 aromatic rings. The fourth-order valence-corrected chi connectivity index (χ4v) is 11.7. The normalized spacial score (nSPS) is 17.5. The van der Waals surface area contributed by atoms with Gasteiger partial charge in [-0.1, -0.05) is 152 Å². The molecule has 3 heterocycles. The second kappa shape index (κ2) is 10.1. The molecule has 56 heavy (non-hydrogen) atoms. The molecular weight excluding hydrogens is 677 g/mol. The van der Waals surface area contributed by atoms with Crippen molar-refractivity contribution < 1.29 is 0 Å². The summed E-state index contributed by atoms with van der Waals surface area (Å²) < 4.78 is 2.63. The van der Waals surface area contributed by atoms with E-state index in [1.54, 1.807) is 0 Å². The summed E-state index contributed by atoms with van der Waals surface area (Å²) in [5.74, 6) is 0. The van der Waals surface area contributed by atoms with E-state index in [2.05, 4.69) is 198 Å². The SMILES string of the molecule is CC1(C)c2ccccc2-c2ccc(N(c3ccc4c(c3)C(C)(C)c3ccccc3-4)c3cc4c5c(c3)c3cccc6c3n5-c3c(cccc3C4(C)C)C6(C)C)cc21. The summed E-state index contributed by atoms with van der Waals surface area (Å²) in [4.78, 5) is 2.56. The molecule has 2 aliphatic heterocycles. The van der Waals surface area contributed by atoms with Crippen LogP contribution in [0.15, 0.2) is 133 Å². The van der Waals surface area contributed by atoms with Crippen LogP contribution in [0.25, 0.3) is 49.7 Å². The van der Waals surface area contributed by atoms with E-state index in [0.29, 0.717) is 0 Å². The lowest BCUT2D eigenvalue weighted by Crippen LogP contribution is -2.33. The van der Waals surface area contributed by atoms with Crippen molar-refractivity contribution in [3.63, 3.8) is 0 Å². The highest BCUT2D eigenvalue weighted by Crippen LogP contribution is 2.58. The van der Waals surface area contributed by atoms with Crippen molar-refractivity contribution >= 4 is 38.9 Å². The Bertz CT molecular complexity index is 2980. The van der Waals surface area contributed by atoms with E-state index in [1.165, 1.54) is 111 Å². The first-order valence-corrected chi connectivity index (χ1v) is 20.4. The average Bonchev–Trinajstić information content (AvgIpc) is 3.74. The maximum Gasteiger partial charge on any atom is 0.0583 e. The first kappa shape index (κ1) is 32.4. The van der Waals surface area contributed by atoms with Crippen LogP contribution in [0.5, 0.6) is 0 Å². The molecule has 0 saturated heterocycles. The minimum Gasteiger partial charge on any atom is -0.310 e. The third kappa shape index (κ3) is 3.70. The zero-order valence-electron chi connectivity index (χ0n) is 33.6. The van der Waals surface area contributed by atoms with Crippen LogP contribution in [0.3, 0.4) is 0 Å². The summed E-state index contributed by atoms with van der Waals surface area (Å²) >= 11 is 0. The first-order chi connectivity index (χ1) is 26.8. The number of hydrogen-bond donors (Lipinski definition) is 0. The molecule has 0 saturated carbocycles. The van der Waals surface area contributed by atoms with E-state index in [1.807, 2.05) is 0 Å². The molecule has 0 atom stereocenters. The molecule has 7 aromatic carbocycles. The van der Waals surface area contributed by atoms with Gasteiger partial charge in [-0.15, -0.1) is 0 Å². The fraction of sp³-hybridized carbons (Fsp3) is 0.222. The second-order valence-corrected chi connectivity index (χ2v) is 19.0. The van der Waals surface area contributed by atoms with Crippen molar-refractivity contribution in [2.24, 2.45) is 0 Å². The van der Waals surface area contributed by atoms with Gasteiger partial charge in [0.25, 0.3) is 0 Å². The standard InChI is InChI=1S/C54H46N2/c1-51(2)40-18-11-9-15-34(40)36-25-23-31(28-45(36)51)55(32-24-26-37-35-16-10-12-19-41(35)52(3,4)46(37)29-32)33-27-39-38-17-13-20-42-48(38)56-49(39)47(30-33)54(7,8)44-22-14-21-43(50(44)56)53(42,5)6/h9-30H,1-8H3. The largest absolute Gasteiger partial charge is 0.310 e. The van der Waals surface area contributed by atoms with Crippen LogP contribution < -0.4 is 4.90 Å². The molecule has 272 valence electrons. The van der Waals surface area contributed by atoms with Gasteiger partial charge in [-0.25, -0.2) is 0 Å². The Labute approximate surface area is 330 Å². The lowest BCUT2D eigenvalue weighted by atomic mass is 9.68. The van der Waals surface area contributed by atoms with Gasteiger partial charge in [0.05, 0.1) is 16.7 Å². The Hall–Kier alpha value is -5.86. The van der Waals surface area contributed by atoms with E-state index in [4.69, 9.17) is 0 Å². The topological polar surface area (TPSA) is 8.17 Å². The summed E-state index contributed by atoms with van der Waals surface area (Å²) in [6.45, 7) is 19.3. The first-order valence-electron chi connectivity index (χ1n) is 20.4. The maximum atomic E-state index is 2.63. The van der Waals surface area contributed by atoms with Crippen LogP contribution in [-0.2, 0) is 21.7 Å². The molecule has 0 radical (unpaired) electrons. The Balaban J connectivity index is 1.17. The number of rotatable bonds is 3. The van der Waals surface area contributed by atoms with Crippen molar-refractivity contribution in [3.8, 4) is 27.9 Å². The molecule has 2 heteroatoms. The van der Waals surface area contributed by atoms with Crippen LogP contribution in [0.1, 0.15) is 99.9 Å². The number of nitrogens with zero attached hydrogens (tertiary/aromatic N) is 2. The highest BCUT2D eigenvalue weighted by atomic mass is 15.1. The monoisotopic (exact) mass is 722 g/mol. The van der Waals surface area contributed by atoms with Crippen LogP contribution in [0.2, 0.25) is 0 Å². The Morgan fingerprint density at radius 1 is 0.339 bits per heavy atom. The van der Waals surface area contributed by atoms with E-state index in [9.17, 15) is 0 Å². The summed E-state index contributed by atoms with van der Waals surface area (Å²) in [5, 5.41) is 2.66. The lowest BCUT2D eigenvalue weighted by Gasteiger charge is -2.42. The maximum absolute atomic E-state index is 2.63. The fourth-order valence-electron chi connectivity index (χ4n) is 11.7. The van der Waals surface area contributed by atoms with Crippen LogP contribution in [-0.4, -0.2) is 4.57 Å². The molecule has 1 aromatic heterocycles. The predicted molar refractivity (Wildman–Crippen MR) is 235 cm³/mol. The van der Waals surface area contributed by atoms with E-state index in [-0.39, 0.29) is 21.7 Å². The molecule has 0 N–H and O–H groups in total. The van der Waals surface area contributed by atoms with Crippen LogP contribution in [0, 0.1) is 0 Å². The zero-order chi connectivity index (χ0) is 38.3. The third-order valence-electron chi connectivity index (χ3n) is 14.7. The summed E-state index contributed by atoms with van der Waals surface area (Å²) in [6, 6.07) is 51.5. The quantitative estimate of drug-likeness (QED) is 0.176. The van der Waals surface area contributed by atoms with Crippen LogP contribution in [0.4, 0.5) is 17.1 Å². The molecule has 2 aliphatic carbocycles. The third-order valence-corrected chi connectivity index (χ3v) is 14.7. The van der Waals surface area contributed by atoms with Crippen molar-refractivity contribution in [1.29, 1.82) is 0 Å². The molecule has 2 nitrogen and oxygen atoms in total. The number of anilines is 3. The van der Waals surface area contributed by atoms with Gasteiger partial charge in [-0.3, -0.25) is 0 Å². The number of benzene rings is 7. The van der Waals surface area contributed by atoms with Crippen molar-refractivity contribution in [2.45, 2.75) is 77.0 Å². The Morgan fingerprint density at radius 3 is 1.36 bits per heavy atom. The second-order valence-electron chi connectivity index (χ2n) is 19.0. The molecule has 4 aliphatic rings. The van der Waals surface area contributed by atoms with Gasteiger partial charge in [-0.2, -0.15) is 0 Å². The molecule has 0 spiro atoms. The average molecular weight is 723 g/mol. The molecule has 0 fully saturated rings. The minimum atomic E-state index is -0.216. The Morgan fingerprint density at radius 2 is 0.768 bits per heavy atom. The molecular formula is C54H46N2. The van der Waals surface area contributed by atoms with E-state index < -0.39 is 0 Å². The smallest absolute Gasteiger partial charge is 0.0583 e. The Kier molecular flexibility index (Phi) is 5.85. The summed E-state index contributed by atoms with van der Waals surface area (Å²) in [5.41, 5.74) is 23.7. The van der Waals surface area contributed by atoms with Gasteiger partial charge in [-0.05, 0) is 103 Å². The van der Waals surface area contributed by atoms with Gasteiger partial charge in [0.15, 0.2) is 0 Å². The summed E-state index contributed by atoms with van der Waals surface area (Å²) in [6.07, 6.45) is 0. The van der Waals surface area contributed by atoms with Crippen LogP contribution >= 0.6 is 0 Å². The van der Waals surface area contributed by atoms with Crippen molar-refractivity contribution in [3.05, 3.63) is 178 Å². The predicted octanol–water partition coefficient (Wildman–Crippen LogP) is 14.1. The number of para-hydroxylation sites is 2. The zero-order valence-corrected chi connectivity index (χ0v) is 33.6. The summed E-state index contributed by atoms with van der Waals surface area (Å²) in [7, 11) is 0. The number of hydrogen-bond acceptors (Lipinski definition) is 1.